The van der Waals surface area contributed by atoms with Crippen molar-refractivity contribution in [3.8, 4) is 0 Å². The van der Waals surface area contributed by atoms with Crippen molar-refractivity contribution in [2.24, 2.45) is 5.92 Å². The molecule has 4 nitrogen and oxygen atoms in total. The second-order valence-electron chi connectivity index (χ2n) is 6.63. The Balaban J connectivity index is 1.96. The smallest absolute Gasteiger partial charge is 0.241 e. The second-order valence-corrected chi connectivity index (χ2v) is 6.63. The lowest BCUT2D eigenvalue weighted by Crippen LogP contribution is -2.43. The van der Waals surface area contributed by atoms with Crippen LogP contribution in [0.15, 0.2) is 18.2 Å². The summed E-state index contributed by atoms with van der Waals surface area (Å²) in [6.45, 7) is 6.70. The zero-order valence-corrected chi connectivity index (χ0v) is 14.1. The molecule has 0 saturated heterocycles. The van der Waals surface area contributed by atoms with E-state index < -0.39 is 0 Å². The lowest BCUT2D eigenvalue weighted by molar-refractivity contribution is -0.120. The number of carbonyl (C=O) groups is 1. The summed E-state index contributed by atoms with van der Waals surface area (Å²) in [4.78, 5) is 14.5. The molecule has 4 heteroatoms. The molecular weight excluding hydrogens is 276 g/mol. The highest BCUT2D eigenvalue weighted by atomic mass is 16.3. The first kappa shape index (κ1) is 17.0. The van der Waals surface area contributed by atoms with Gasteiger partial charge in [0.2, 0.25) is 5.91 Å². The maximum absolute atomic E-state index is 12.5. The highest BCUT2D eigenvalue weighted by Gasteiger charge is 2.29. The van der Waals surface area contributed by atoms with Crippen LogP contribution in [0, 0.1) is 19.8 Å². The van der Waals surface area contributed by atoms with Gasteiger partial charge in [0.15, 0.2) is 0 Å². The normalized spacial score (nSPS) is 22.8. The molecule has 0 aromatic heterocycles. The van der Waals surface area contributed by atoms with Crippen LogP contribution in [0.5, 0.6) is 0 Å². The van der Waals surface area contributed by atoms with Gasteiger partial charge in [-0.2, -0.15) is 0 Å². The number of anilines is 1. The van der Waals surface area contributed by atoms with Crippen LogP contribution in [0.4, 0.5) is 5.69 Å². The number of rotatable bonds is 5. The molecule has 0 radical (unpaired) electrons. The van der Waals surface area contributed by atoms with Gasteiger partial charge in [-0.05, 0) is 57.7 Å². The second kappa shape index (κ2) is 7.25. The van der Waals surface area contributed by atoms with E-state index in [4.69, 9.17) is 0 Å². The number of nitrogens with zero attached hydrogens (tertiary/aromatic N) is 1. The van der Waals surface area contributed by atoms with Crippen molar-refractivity contribution < 1.29 is 9.90 Å². The summed E-state index contributed by atoms with van der Waals surface area (Å²) in [6, 6.07) is 5.79. The molecule has 3 atom stereocenters. The van der Waals surface area contributed by atoms with Crippen molar-refractivity contribution in [3.63, 3.8) is 0 Å². The monoisotopic (exact) mass is 304 g/mol. The number of aryl methyl sites for hydroxylation is 2. The van der Waals surface area contributed by atoms with Crippen LogP contribution in [-0.4, -0.2) is 41.7 Å². The van der Waals surface area contributed by atoms with E-state index in [1.165, 1.54) is 0 Å². The first-order valence-electron chi connectivity index (χ1n) is 8.15. The number of hydrogen-bond donors (Lipinski definition) is 2. The van der Waals surface area contributed by atoms with Crippen molar-refractivity contribution in [2.75, 3.05) is 18.9 Å². The van der Waals surface area contributed by atoms with Crippen molar-refractivity contribution >= 4 is 11.6 Å². The summed E-state index contributed by atoms with van der Waals surface area (Å²) >= 11 is 0. The minimum atomic E-state index is -0.216. The predicted molar refractivity (Wildman–Crippen MR) is 90.0 cm³/mol. The van der Waals surface area contributed by atoms with Crippen LogP contribution in [0.25, 0.3) is 0 Å². The fourth-order valence-corrected chi connectivity index (χ4v) is 3.20. The maximum atomic E-state index is 12.5. The molecule has 22 heavy (non-hydrogen) atoms. The molecule has 122 valence electrons. The average molecular weight is 304 g/mol. The molecule has 1 saturated carbocycles. The lowest BCUT2D eigenvalue weighted by atomic mass is 10.0. The molecule has 1 amide bonds. The van der Waals surface area contributed by atoms with Gasteiger partial charge in [-0.3, -0.25) is 9.69 Å². The lowest BCUT2D eigenvalue weighted by Gasteiger charge is -2.28. The van der Waals surface area contributed by atoms with Gasteiger partial charge in [0, 0.05) is 12.2 Å². The van der Waals surface area contributed by atoms with Gasteiger partial charge in [0.1, 0.15) is 0 Å². The third-order valence-corrected chi connectivity index (χ3v) is 4.91. The van der Waals surface area contributed by atoms with E-state index >= 15 is 0 Å². The van der Waals surface area contributed by atoms with E-state index in [2.05, 4.69) is 5.32 Å². The van der Waals surface area contributed by atoms with Crippen LogP contribution < -0.4 is 5.32 Å². The third kappa shape index (κ3) is 3.87. The number of hydrogen-bond acceptors (Lipinski definition) is 3. The summed E-state index contributed by atoms with van der Waals surface area (Å²) < 4.78 is 0. The molecule has 0 aliphatic heterocycles. The van der Waals surface area contributed by atoms with E-state index in [1.807, 2.05) is 50.9 Å². The third-order valence-electron chi connectivity index (χ3n) is 4.91. The summed E-state index contributed by atoms with van der Waals surface area (Å²) in [5.41, 5.74) is 3.07. The van der Waals surface area contributed by atoms with Crippen LogP contribution >= 0.6 is 0 Å². The standard InChI is InChI=1S/C18H28N2O2/c1-12-7-5-8-13(2)17(12)19-18(22)14(3)20(4)11-15-9-6-10-16(15)21/h5,7-8,14-16,21H,6,9-11H2,1-4H3,(H,19,22). The Hall–Kier alpha value is -1.39. The number of para-hydroxylation sites is 1. The molecule has 0 bridgehead atoms. The Morgan fingerprint density at radius 3 is 2.55 bits per heavy atom. The van der Waals surface area contributed by atoms with Gasteiger partial charge in [0.25, 0.3) is 0 Å². The minimum Gasteiger partial charge on any atom is -0.393 e. The van der Waals surface area contributed by atoms with Crippen molar-refractivity contribution in [3.05, 3.63) is 29.3 Å². The quantitative estimate of drug-likeness (QED) is 0.879. The summed E-state index contributed by atoms with van der Waals surface area (Å²) in [5, 5.41) is 13.0. The predicted octanol–water partition coefficient (Wildman–Crippen LogP) is 2.72. The molecule has 2 N–H and O–H groups in total. The van der Waals surface area contributed by atoms with Gasteiger partial charge in [-0.15, -0.1) is 0 Å². The van der Waals surface area contributed by atoms with E-state index in [0.29, 0.717) is 5.92 Å². The molecule has 3 unspecified atom stereocenters. The Kier molecular flexibility index (Phi) is 5.59. The van der Waals surface area contributed by atoms with Crippen molar-refractivity contribution in [1.29, 1.82) is 0 Å². The molecule has 1 aliphatic rings. The largest absolute Gasteiger partial charge is 0.393 e. The maximum Gasteiger partial charge on any atom is 0.241 e. The highest BCUT2D eigenvalue weighted by Crippen LogP contribution is 2.26. The SMILES string of the molecule is Cc1cccc(C)c1NC(=O)C(C)N(C)CC1CCCC1O. The number of benzene rings is 1. The zero-order chi connectivity index (χ0) is 16.3. The zero-order valence-electron chi connectivity index (χ0n) is 14.1. The molecule has 1 aliphatic carbocycles. The molecule has 1 aromatic carbocycles. The molecule has 1 fully saturated rings. The van der Waals surface area contributed by atoms with Crippen molar-refractivity contribution in [2.45, 2.75) is 52.2 Å². The molecule has 0 spiro atoms. The van der Waals surface area contributed by atoms with Crippen LogP contribution in [-0.2, 0) is 4.79 Å². The Labute approximate surface area is 133 Å². The summed E-state index contributed by atoms with van der Waals surface area (Å²) in [6.07, 6.45) is 2.82. The van der Waals surface area contributed by atoms with Crippen molar-refractivity contribution in [1.82, 2.24) is 4.90 Å². The summed E-state index contributed by atoms with van der Waals surface area (Å²) in [5.74, 6) is 0.299. The first-order chi connectivity index (χ1) is 10.4. The fourth-order valence-electron chi connectivity index (χ4n) is 3.20. The Morgan fingerprint density at radius 2 is 2.00 bits per heavy atom. The van der Waals surface area contributed by atoms with E-state index in [0.717, 1.165) is 42.6 Å². The van der Waals surface area contributed by atoms with Gasteiger partial charge < -0.3 is 10.4 Å². The van der Waals surface area contributed by atoms with Gasteiger partial charge in [-0.25, -0.2) is 0 Å². The van der Waals surface area contributed by atoms with Crippen LogP contribution in [0.3, 0.4) is 0 Å². The molecule has 0 heterocycles. The Bertz CT molecular complexity index is 510. The Morgan fingerprint density at radius 1 is 1.36 bits per heavy atom. The van der Waals surface area contributed by atoms with E-state index in [9.17, 15) is 9.90 Å². The number of likely N-dealkylation sites (N-methyl/N-ethyl adjacent to an activating group) is 1. The van der Waals surface area contributed by atoms with Gasteiger partial charge in [-0.1, -0.05) is 24.6 Å². The van der Waals surface area contributed by atoms with Gasteiger partial charge in [0.05, 0.1) is 12.1 Å². The van der Waals surface area contributed by atoms with E-state index in [1.54, 1.807) is 0 Å². The highest BCUT2D eigenvalue weighted by molar-refractivity contribution is 5.95. The number of aliphatic hydroxyl groups is 1. The number of nitrogens with one attached hydrogen (secondary N) is 1. The number of carbonyl (C=O) groups excluding carboxylic acids is 1. The number of aliphatic hydroxyl groups excluding tert-OH is 1. The fraction of sp³-hybridized carbons (Fsp3) is 0.611. The summed E-state index contributed by atoms with van der Waals surface area (Å²) in [7, 11) is 1.96. The topological polar surface area (TPSA) is 52.6 Å². The van der Waals surface area contributed by atoms with Crippen LogP contribution in [0.1, 0.15) is 37.3 Å². The number of amides is 1. The first-order valence-corrected chi connectivity index (χ1v) is 8.15. The minimum absolute atomic E-state index is 0.00684. The van der Waals surface area contributed by atoms with Gasteiger partial charge >= 0.3 is 0 Å². The van der Waals surface area contributed by atoms with E-state index in [-0.39, 0.29) is 18.1 Å². The van der Waals surface area contributed by atoms with Crippen LogP contribution in [0.2, 0.25) is 0 Å². The average Bonchev–Trinajstić information content (AvgIpc) is 2.87. The molecule has 2 rings (SSSR count). The molecule has 1 aromatic rings. The molecular formula is C18H28N2O2.